The van der Waals surface area contributed by atoms with Crippen LogP contribution >= 0.6 is 0 Å². The topological polar surface area (TPSA) is 61.7 Å². The molecule has 1 fully saturated rings. The van der Waals surface area contributed by atoms with Gasteiger partial charge < -0.3 is 20.3 Å². The molecule has 0 aliphatic heterocycles. The van der Waals surface area contributed by atoms with Crippen molar-refractivity contribution in [3.63, 3.8) is 0 Å². The van der Waals surface area contributed by atoms with Gasteiger partial charge in [-0.3, -0.25) is 0 Å². The smallest absolute Gasteiger partial charge is 0.118 e. The third-order valence-electron chi connectivity index (χ3n) is 5.31. The molecule has 1 unspecified atom stereocenters. The maximum Gasteiger partial charge on any atom is 0.118 e. The highest BCUT2D eigenvalue weighted by atomic mass is 16.5. The van der Waals surface area contributed by atoms with Crippen molar-refractivity contribution in [2.45, 2.75) is 57.4 Å². The fraction of sp³-hybridized carbons (Fsp3) is 0.478. The van der Waals surface area contributed by atoms with Crippen LogP contribution in [0, 0.1) is 5.92 Å². The lowest BCUT2D eigenvalue weighted by Gasteiger charge is -2.28. The van der Waals surface area contributed by atoms with E-state index in [1.807, 2.05) is 48.5 Å². The summed E-state index contributed by atoms with van der Waals surface area (Å²) in [6, 6.07) is 16.0. The van der Waals surface area contributed by atoms with E-state index < -0.39 is 12.2 Å². The van der Waals surface area contributed by atoms with Gasteiger partial charge in [-0.05, 0) is 68.4 Å². The van der Waals surface area contributed by atoms with Crippen LogP contribution in [0.1, 0.15) is 45.3 Å². The third-order valence-corrected chi connectivity index (χ3v) is 5.31. The van der Waals surface area contributed by atoms with Crippen LogP contribution in [-0.4, -0.2) is 35.0 Å². The summed E-state index contributed by atoms with van der Waals surface area (Å²) in [5.41, 5.74) is 3.07. The molecule has 0 radical (unpaired) electrons. The molecule has 1 aliphatic rings. The maximum atomic E-state index is 10.8. The minimum atomic E-state index is -0.559. The summed E-state index contributed by atoms with van der Waals surface area (Å²) >= 11 is 0. The number of hydrogen-bond acceptors (Lipinski definition) is 4. The minimum Gasteiger partial charge on any atom is -0.497 e. The number of nitrogens with one attached hydrogen (secondary N) is 1. The number of hydrogen-bond donors (Lipinski definition) is 3. The predicted molar refractivity (Wildman–Crippen MR) is 109 cm³/mol. The molecule has 2 aromatic rings. The monoisotopic (exact) mass is 369 g/mol. The number of benzene rings is 2. The largest absolute Gasteiger partial charge is 0.497 e. The molecular formula is C23H31NO3. The zero-order valence-corrected chi connectivity index (χ0v) is 16.6. The predicted octanol–water partition coefficient (Wildman–Crippen LogP) is 3.92. The fourth-order valence-corrected chi connectivity index (χ4v) is 3.95. The molecule has 4 nitrogen and oxygen atoms in total. The highest BCUT2D eigenvalue weighted by molar-refractivity contribution is 5.64. The van der Waals surface area contributed by atoms with Crippen LogP contribution in [0.5, 0.6) is 5.75 Å². The van der Waals surface area contributed by atoms with E-state index in [9.17, 15) is 10.2 Å². The van der Waals surface area contributed by atoms with Crippen LogP contribution in [0.25, 0.3) is 11.1 Å². The summed E-state index contributed by atoms with van der Waals surface area (Å²) in [5, 5.41) is 24.7. The van der Waals surface area contributed by atoms with Crippen LogP contribution in [0.4, 0.5) is 0 Å². The van der Waals surface area contributed by atoms with E-state index in [1.165, 1.54) is 0 Å². The summed E-state index contributed by atoms with van der Waals surface area (Å²) in [7, 11) is 1.66. The van der Waals surface area contributed by atoms with Crippen molar-refractivity contribution in [3.8, 4) is 16.9 Å². The fourth-order valence-electron chi connectivity index (χ4n) is 3.95. The maximum absolute atomic E-state index is 10.8. The normalized spacial score (nSPS) is 24.0. The molecule has 4 heteroatoms. The lowest BCUT2D eigenvalue weighted by Crippen LogP contribution is -2.47. The minimum absolute atomic E-state index is 0.0308. The lowest BCUT2D eigenvalue weighted by molar-refractivity contribution is 0.0958. The Morgan fingerprint density at radius 1 is 0.963 bits per heavy atom. The average Bonchev–Trinajstić information content (AvgIpc) is 3.00. The molecule has 3 N–H and O–H groups in total. The Morgan fingerprint density at radius 3 is 2.04 bits per heavy atom. The second kappa shape index (κ2) is 8.01. The highest BCUT2D eigenvalue weighted by Crippen LogP contribution is 2.37. The van der Waals surface area contributed by atoms with Gasteiger partial charge in [0.15, 0.2) is 0 Å². The molecule has 4 atom stereocenters. The summed E-state index contributed by atoms with van der Waals surface area (Å²) in [6.45, 7) is 6.30. The molecule has 0 amide bonds. The van der Waals surface area contributed by atoms with Crippen molar-refractivity contribution in [1.82, 2.24) is 5.32 Å². The number of methoxy groups -OCH3 is 1. The molecule has 3 rings (SSSR count). The molecule has 0 bridgehead atoms. The Kier molecular flexibility index (Phi) is 5.89. The molecule has 0 saturated heterocycles. The first-order chi connectivity index (χ1) is 12.8. The summed E-state index contributed by atoms with van der Waals surface area (Å²) in [4.78, 5) is 0. The van der Waals surface area contributed by atoms with E-state index in [2.05, 4.69) is 26.1 Å². The Morgan fingerprint density at radius 2 is 1.52 bits per heavy atom. The Labute approximate surface area is 162 Å². The first-order valence-electron chi connectivity index (χ1n) is 9.65. The van der Waals surface area contributed by atoms with Gasteiger partial charge in [0, 0.05) is 11.6 Å². The number of rotatable bonds is 5. The van der Waals surface area contributed by atoms with Crippen LogP contribution in [0.3, 0.4) is 0 Å². The van der Waals surface area contributed by atoms with E-state index in [-0.39, 0.29) is 17.5 Å². The van der Waals surface area contributed by atoms with Gasteiger partial charge >= 0.3 is 0 Å². The zero-order valence-electron chi connectivity index (χ0n) is 16.6. The van der Waals surface area contributed by atoms with E-state index in [4.69, 9.17) is 4.74 Å². The molecule has 1 saturated carbocycles. The van der Waals surface area contributed by atoms with Gasteiger partial charge in [-0.2, -0.15) is 0 Å². The van der Waals surface area contributed by atoms with Crippen molar-refractivity contribution in [2.75, 3.05) is 7.11 Å². The van der Waals surface area contributed by atoms with Gasteiger partial charge in [-0.15, -0.1) is 0 Å². The standard InChI is InChI=1S/C23H31NO3/c1-23(2,3)24-20-13-18(14-21(20)25)22(26)17-7-5-15(6-8-17)16-9-11-19(27-4)12-10-16/h5-12,18,20-22,24-26H,13-14H2,1-4H3/t18-,20+,21+,22?/m1/s1. The molecule has 27 heavy (non-hydrogen) atoms. The Hall–Kier alpha value is -1.88. The number of aliphatic hydroxyl groups excluding tert-OH is 2. The Balaban J connectivity index is 1.67. The first kappa shape index (κ1) is 19.9. The SMILES string of the molecule is COc1ccc(-c2ccc(C(O)[C@@H]3C[C@H](NC(C)(C)C)[C@@H](O)C3)cc2)cc1. The van der Waals surface area contributed by atoms with Gasteiger partial charge in [-0.25, -0.2) is 0 Å². The van der Waals surface area contributed by atoms with Crippen LogP contribution in [-0.2, 0) is 0 Å². The molecular weight excluding hydrogens is 338 g/mol. The van der Waals surface area contributed by atoms with E-state index >= 15 is 0 Å². The van der Waals surface area contributed by atoms with Gasteiger partial charge in [0.2, 0.25) is 0 Å². The van der Waals surface area contributed by atoms with Gasteiger partial charge in [-0.1, -0.05) is 36.4 Å². The average molecular weight is 370 g/mol. The van der Waals surface area contributed by atoms with Gasteiger partial charge in [0.05, 0.1) is 19.3 Å². The van der Waals surface area contributed by atoms with Crippen molar-refractivity contribution < 1.29 is 14.9 Å². The van der Waals surface area contributed by atoms with Crippen LogP contribution in [0.15, 0.2) is 48.5 Å². The van der Waals surface area contributed by atoms with Crippen LogP contribution < -0.4 is 10.1 Å². The van der Waals surface area contributed by atoms with Gasteiger partial charge in [0.1, 0.15) is 5.75 Å². The van der Waals surface area contributed by atoms with Crippen molar-refractivity contribution in [1.29, 1.82) is 0 Å². The van der Waals surface area contributed by atoms with Crippen molar-refractivity contribution in [3.05, 3.63) is 54.1 Å². The summed E-state index contributed by atoms with van der Waals surface area (Å²) < 4.78 is 5.20. The van der Waals surface area contributed by atoms with E-state index in [0.29, 0.717) is 6.42 Å². The zero-order chi connectivity index (χ0) is 19.6. The van der Waals surface area contributed by atoms with E-state index in [1.54, 1.807) is 7.11 Å². The second-order valence-electron chi connectivity index (χ2n) is 8.60. The summed E-state index contributed by atoms with van der Waals surface area (Å²) in [6.07, 6.45) is 0.424. The first-order valence-corrected chi connectivity index (χ1v) is 9.65. The van der Waals surface area contributed by atoms with Crippen molar-refractivity contribution >= 4 is 0 Å². The molecule has 146 valence electrons. The summed E-state index contributed by atoms with van der Waals surface area (Å²) in [5.74, 6) is 0.899. The molecule has 2 aromatic carbocycles. The quantitative estimate of drug-likeness (QED) is 0.747. The van der Waals surface area contributed by atoms with Crippen LogP contribution in [0.2, 0.25) is 0 Å². The van der Waals surface area contributed by atoms with Gasteiger partial charge in [0.25, 0.3) is 0 Å². The van der Waals surface area contributed by atoms with E-state index in [0.717, 1.165) is 28.9 Å². The number of ether oxygens (including phenoxy) is 1. The van der Waals surface area contributed by atoms with Crippen molar-refractivity contribution in [2.24, 2.45) is 5.92 Å². The third kappa shape index (κ3) is 4.89. The number of aliphatic hydroxyl groups is 2. The Bertz CT molecular complexity index is 734. The molecule has 1 aliphatic carbocycles. The molecule has 0 spiro atoms. The molecule has 0 heterocycles. The lowest BCUT2D eigenvalue weighted by atomic mass is 9.92. The highest BCUT2D eigenvalue weighted by Gasteiger charge is 2.38. The molecule has 0 aromatic heterocycles. The second-order valence-corrected chi connectivity index (χ2v) is 8.60.